The molecule has 18 heavy (non-hydrogen) atoms. The Morgan fingerprint density at radius 2 is 2.17 bits per heavy atom. The van der Waals surface area contributed by atoms with Crippen molar-refractivity contribution in [2.24, 2.45) is 5.92 Å². The summed E-state index contributed by atoms with van der Waals surface area (Å²) in [5, 5.41) is 2.81. The van der Waals surface area contributed by atoms with E-state index in [0.29, 0.717) is 36.9 Å². The van der Waals surface area contributed by atoms with Crippen LogP contribution in [-0.2, 0) is 4.74 Å². The van der Waals surface area contributed by atoms with Crippen LogP contribution in [0.25, 0.3) is 0 Å². The van der Waals surface area contributed by atoms with Gasteiger partial charge in [-0.15, -0.1) is 0 Å². The molecule has 0 bridgehead atoms. The van der Waals surface area contributed by atoms with Gasteiger partial charge in [-0.05, 0) is 24.5 Å². The smallest absolute Gasteiger partial charge is 0.253 e. The monoisotopic (exact) mass is 250 g/mol. The molecule has 4 heteroatoms. The number of ether oxygens (including phenoxy) is 1. The standard InChI is InChI=1S/C14H22N2O2/c1-10(2)9-18-8-7-16-14(17)13-11(3)5-4-6-12(13)15/h4-6,10H,7-9,15H2,1-3H3,(H,16,17). The summed E-state index contributed by atoms with van der Waals surface area (Å²) in [6.45, 7) is 7.79. The molecule has 0 aromatic heterocycles. The van der Waals surface area contributed by atoms with E-state index in [4.69, 9.17) is 10.5 Å². The fourth-order valence-electron chi connectivity index (χ4n) is 1.64. The molecule has 0 saturated carbocycles. The van der Waals surface area contributed by atoms with Crippen LogP contribution in [0, 0.1) is 12.8 Å². The van der Waals surface area contributed by atoms with E-state index in [1.807, 2.05) is 19.1 Å². The molecule has 3 N–H and O–H groups in total. The van der Waals surface area contributed by atoms with Crippen LogP contribution >= 0.6 is 0 Å². The summed E-state index contributed by atoms with van der Waals surface area (Å²) in [5.41, 5.74) is 7.75. The third-order valence-electron chi connectivity index (χ3n) is 2.52. The molecule has 0 fully saturated rings. The van der Waals surface area contributed by atoms with Crippen molar-refractivity contribution in [1.29, 1.82) is 0 Å². The largest absolute Gasteiger partial charge is 0.398 e. The van der Waals surface area contributed by atoms with Gasteiger partial charge in [0, 0.05) is 18.8 Å². The number of nitrogen functional groups attached to an aromatic ring is 1. The minimum absolute atomic E-state index is 0.140. The van der Waals surface area contributed by atoms with Crippen molar-refractivity contribution in [2.45, 2.75) is 20.8 Å². The van der Waals surface area contributed by atoms with Gasteiger partial charge < -0.3 is 15.8 Å². The van der Waals surface area contributed by atoms with E-state index >= 15 is 0 Å². The van der Waals surface area contributed by atoms with E-state index in [1.165, 1.54) is 0 Å². The molecule has 0 saturated heterocycles. The van der Waals surface area contributed by atoms with Crippen LogP contribution in [0.2, 0.25) is 0 Å². The number of aryl methyl sites for hydroxylation is 1. The lowest BCUT2D eigenvalue weighted by Crippen LogP contribution is -2.29. The molecular weight excluding hydrogens is 228 g/mol. The molecule has 1 rings (SSSR count). The van der Waals surface area contributed by atoms with E-state index in [-0.39, 0.29) is 5.91 Å². The van der Waals surface area contributed by atoms with E-state index in [1.54, 1.807) is 6.07 Å². The van der Waals surface area contributed by atoms with Crippen LogP contribution in [0.15, 0.2) is 18.2 Å². The van der Waals surface area contributed by atoms with Gasteiger partial charge in [-0.2, -0.15) is 0 Å². The number of rotatable bonds is 6. The first-order chi connectivity index (χ1) is 8.52. The third-order valence-corrected chi connectivity index (χ3v) is 2.52. The van der Waals surface area contributed by atoms with Crippen LogP contribution in [0.1, 0.15) is 29.8 Å². The number of hydrogen-bond acceptors (Lipinski definition) is 3. The molecule has 1 amide bonds. The SMILES string of the molecule is Cc1cccc(N)c1C(=O)NCCOCC(C)C. The first-order valence-electron chi connectivity index (χ1n) is 6.23. The molecule has 100 valence electrons. The number of carbonyl (C=O) groups excluding carboxylic acids is 1. The molecular formula is C14H22N2O2. The van der Waals surface area contributed by atoms with Crippen LogP contribution in [0.4, 0.5) is 5.69 Å². The van der Waals surface area contributed by atoms with Gasteiger partial charge in [-0.25, -0.2) is 0 Å². The predicted molar refractivity (Wildman–Crippen MR) is 73.6 cm³/mol. The first-order valence-corrected chi connectivity index (χ1v) is 6.23. The highest BCUT2D eigenvalue weighted by Crippen LogP contribution is 2.15. The lowest BCUT2D eigenvalue weighted by Gasteiger charge is -2.11. The van der Waals surface area contributed by atoms with Gasteiger partial charge in [-0.3, -0.25) is 4.79 Å². The average Bonchev–Trinajstić information content (AvgIpc) is 2.27. The number of nitrogens with two attached hydrogens (primary N) is 1. The Balaban J connectivity index is 2.41. The summed E-state index contributed by atoms with van der Waals surface area (Å²) >= 11 is 0. The molecule has 0 aliphatic heterocycles. The molecule has 0 atom stereocenters. The first kappa shape index (κ1) is 14.5. The normalized spacial score (nSPS) is 10.7. The molecule has 0 aliphatic carbocycles. The summed E-state index contributed by atoms with van der Waals surface area (Å²) < 4.78 is 5.40. The van der Waals surface area contributed by atoms with Gasteiger partial charge in [0.1, 0.15) is 0 Å². The Morgan fingerprint density at radius 1 is 1.44 bits per heavy atom. The highest BCUT2D eigenvalue weighted by Gasteiger charge is 2.11. The van der Waals surface area contributed by atoms with Crippen molar-refractivity contribution >= 4 is 11.6 Å². The maximum Gasteiger partial charge on any atom is 0.253 e. The van der Waals surface area contributed by atoms with Gasteiger partial charge in [-0.1, -0.05) is 26.0 Å². The second-order valence-corrected chi connectivity index (χ2v) is 4.76. The van der Waals surface area contributed by atoms with Crippen LogP contribution < -0.4 is 11.1 Å². The number of hydrogen-bond donors (Lipinski definition) is 2. The summed E-state index contributed by atoms with van der Waals surface area (Å²) in [7, 11) is 0. The lowest BCUT2D eigenvalue weighted by molar-refractivity contribution is 0.0886. The number of amides is 1. The van der Waals surface area contributed by atoms with Gasteiger partial charge in [0.25, 0.3) is 5.91 Å². The zero-order chi connectivity index (χ0) is 13.5. The fourth-order valence-corrected chi connectivity index (χ4v) is 1.64. The maximum atomic E-state index is 11.9. The quantitative estimate of drug-likeness (QED) is 0.599. The zero-order valence-electron chi connectivity index (χ0n) is 11.3. The predicted octanol–water partition coefficient (Wildman–Crippen LogP) is 1.98. The molecule has 0 unspecified atom stereocenters. The summed E-state index contributed by atoms with van der Waals surface area (Å²) in [4.78, 5) is 11.9. The maximum absolute atomic E-state index is 11.9. The molecule has 1 aromatic carbocycles. The van der Waals surface area contributed by atoms with E-state index < -0.39 is 0 Å². The van der Waals surface area contributed by atoms with Crippen molar-refractivity contribution < 1.29 is 9.53 Å². The highest BCUT2D eigenvalue weighted by atomic mass is 16.5. The van der Waals surface area contributed by atoms with Crippen molar-refractivity contribution in [3.8, 4) is 0 Å². The van der Waals surface area contributed by atoms with Gasteiger partial charge in [0.05, 0.1) is 12.2 Å². The van der Waals surface area contributed by atoms with Crippen molar-refractivity contribution in [3.63, 3.8) is 0 Å². The van der Waals surface area contributed by atoms with Crippen LogP contribution in [0.3, 0.4) is 0 Å². The number of nitrogens with one attached hydrogen (secondary N) is 1. The fraction of sp³-hybridized carbons (Fsp3) is 0.500. The van der Waals surface area contributed by atoms with E-state index in [0.717, 1.165) is 5.56 Å². The summed E-state index contributed by atoms with van der Waals surface area (Å²) in [5.74, 6) is 0.367. The second kappa shape index (κ2) is 7.01. The van der Waals surface area contributed by atoms with Gasteiger partial charge in [0.2, 0.25) is 0 Å². The lowest BCUT2D eigenvalue weighted by atomic mass is 10.1. The Bertz CT molecular complexity index is 383. The topological polar surface area (TPSA) is 64.4 Å². The Hall–Kier alpha value is -1.55. The molecule has 0 aliphatic rings. The zero-order valence-corrected chi connectivity index (χ0v) is 11.3. The van der Waals surface area contributed by atoms with Gasteiger partial charge in [0.15, 0.2) is 0 Å². The highest BCUT2D eigenvalue weighted by molar-refractivity contribution is 6.00. The number of anilines is 1. The number of benzene rings is 1. The molecule has 4 nitrogen and oxygen atoms in total. The Labute approximate surface area is 109 Å². The molecule has 0 spiro atoms. The minimum atomic E-state index is -0.140. The average molecular weight is 250 g/mol. The van der Waals surface area contributed by atoms with Crippen molar-refractivity contribution in [2.75, 3.05) is 25.5 Å². The van der Waals surface area contributed by atoms with Gasteiger partial charge >= 0.3 is 0 Å². The molecule has 0 radical (unpaired) electrons. The van der Waals surface area contributed by atoms with Crippen LogP contribution in [-0.4, -0.2) is 25.7 Å². The Kier molecular flexibility index (Phi) is 5.65. The Morgan fingerprint density at radius 3 is 2.78 bits per heavy atom. The van der Waals surface area contributed by atoms with E-state index in [2.05, 4.69) is 19.2 Å². The molecule has 1 aromatic rings. The van der Waals surface area contributed by atoms with Crippen molar-refractivity contribution in [1.82, 2.24) is 5.32 Å². The van der Waals surface area contributed by atoms with Crippen LogP contribution in [0.5, 0.6) is 0 Å². The molecule has 0 heterocycles. The summed E-state index contributed by atoms with van der Waals surface area (Å²) in [6, 6.07) is 5.45. The van der Waals surface area contributed by atoms with E-state index in [9.17, 15) is 4.79 Å². The second-order valence-electron chi connectivity index (χ2n) is 4.76. The third kappa shape index (κ3) is 4.37. The summed E-state index contributed by atoms with van der Waals surface area (Å²) in [6.07, 6.45) is 0. The van der Waals surface area contributed by atoms with Crippen molar-refractivity contribution in [3.05, 3.63) is 29.3 Å². The number of carbonyl (C=O) groups is 1. The minimum Gasteiger partial charge on any atom is -0.398 e.